The van der Waals surface area contributed by atoms with E-state index in [2.05, 4.69) is 18.5 Å². The lowest BCUT2D eigenvalue weighted by atomic mass is 10.0. The maximum Gasteiger partial charge on any atom is 0.255 e. The summed E-state index contributed by atoms with van der Waals surface area (Å²) in [6.45, 7) is 11.5. The molecule has 0 heterocycles. The van der Waals surface area contributed by atoms with Gasteiger partial charge >= 0.3 is 0 Å². The number of carbonyl (C=O) groups excluding carboxylic acids is 1. The molecule has 0 radical (unpaired) electrons. The van der Waals surface area contributed by atoms with Gasteiger partial charge in [0.15, 0.2) is 0 Å². The van der Waals surface area contributed by atoms with Gasteiger partial charge in [0.05, 0.1) is 5.56 Å². The number of nitrogens with one attached hydrogen (secondary N) is 1. The van der Waals surface area contributed by atoms with Crippen LogP contribution in [0, 0.1) is 0 Å². The fraction of sp³-hybridized carbons (Fsp3) is 0.150. The van der Waals surface area contributed by atoms with Crippen LogP contribution in [-0.4, -0.2) is 22.7 Å². The molecule has 0 aliphatic carbocycles. The first kappa shape index (κ1) is 19.0. The predicted molar refractivity (Wildman–Crippen MR) is 99.4 cm³/mol. The summed E-state index contributed by atoms with van der Waals surface area (Å²) in [4.78, 5) is 12.2. The number of carbonyl (C=O) groups is 1. The van der Waals surface area contributed by atoms with Crippen molar-refractivity contribution in [2.45, 2.75) is 13.8 Å². The maximum atomic E-state index is 12.2. The minimum atomic E-state index is -0.385. The van der Waals surface area contributed by atoms with Gasteiger partial charge in [-0.1, -0.05) is 51.3 Å². The Bertz CT molecular complexity index is 776. The van der Waals surface area contributed by atoms with Crippen LogP contribution in [-0.2, 0) is 0 Å². The third-order valence-electron chi connectivity index (χ3n) is 3.23. The molecule has 0 aliphatic heterocycles. The van der Waals surface area contributed by atoms with Crippen molar-refractivity contribution < 1.29 is 15.0 Å². The summed E-state index contributed by atoms with van der Waals surface area (Å²) in [7, 11) is 0. The normalized spacial score (nSPS) is 10.5. The summed E-state index contributed by atoms with van der Waals surface area (Å²) in [5.74, 6) is -0.415. The lowest BCUT2D eigenvalue weighted by Crippen LogP contribution is -2.25. The molecule has 4 heteroatoms. The van der Waals surface area contributed by atoms with Crippen LogP contribution in [0.1, 0.15) is 24.2 Å². The van der Waals surface area contributed by atoms with Crippen molar-refractivity contribution in [3.8, 4) is 11.5 Å². The lowest BCUT2D eigenvalue weighted by molar-refractivity contribution is 0.0955. The minimum absolute atomic E-state index is 0.106. The average molecular weight is 325 g/mol. The molecule has 3 N–H and O–H groups in total. The second-order valence-corrected chi connectivity index (χ2v) is 4.76. The van der Waals surface area contributed by atoms with E-state index in [1.165, 1.54) is 18.2 Å². The summed E-state index contributed by atoms with van der Waals surface area (Å²) in [6, 6.07) is 7.79. The van der Waals surface area contributed by atoms with Crippen LogP contribution in [0.4, 0.5) is 0 Å². The highest BCUT2D eigenvalue weighted by atomic mass is 16.3. The molecule has 126 valence electrons. The van der Waals surface area contributed by atoms with Crippen LogP contribution in [0.15, 0.2) is 67.3 Å². The number of phenols is 2. The van der Waals surface area contributed by atoms with Crippen molar-refractivity contribution in [2.24, 2.45) is 0 Å². The van der Waals surface area contributed by atoms with E-state index in [1.807, 2.05) is 13.8 Å². The number of hydrogen-bond acceptors (Lipinski definition) is 3. The molecule has 0 unspecified atom stereocenters. The van der Waals surface area contributed by atoms with Crippen LogP contribution in [0.3, 0.4) is 0 Å². The molecule has 0 saturated heterocycles. The van der Waals surface area contributed by atoms with Gasteiger partial charge < -0.3 is 15.5 Å². The van der Waals surface area contributed by atoms with Gasteiger partial charge in [0, 0.05) is 6.54 Å². The molecule has 24 heavy (non-hydrogen) atoms. The molecule has 2 rings (SSSR count). The monoisotopic (exact) mass is 325 g/mol. The largest absolute Gasteiger partial charge is 0.508 e. The van der Waals surface area contributed by atoms with Crippen LogP contribution < -0.4 is 5.32 Å². The first-order chi connectivity index (χ1) is 11.5. The second kappa shape index (κ2) is 9.20. The molecule has 4 nitrogen and oxygen atoms in total. The topological polar surface area (TPSA) is 69.6 Å². The molecule has 0 spiro atoms. The molecule has 0 aromatic heterocycles. The van der Waals surface area contributed by atoms with Gasteiger partial charge in [-0.15, -0.1) is 0 Å². The van der Waals surface area contributed by atoms with Crippen LogP contribution >= 0.6 is 0 Å². The minimum Gasteiger partial charge on any atom is -0.508 e. The molecule has 0 atom stereocenters. The number of phenolic OH excluding ortho intramolecular Hbond substituents is 2. The van der Waals surface area contributed by atoms with E-state index in [1.54, 1.807) is 30.4 Å². The number of aromatic hydroxyl groups is 2. The molecule has 0 bridgehead atoms. The van der Waals surface area contributed by atoms with Gasteiger partial charge in [-0.3, -0.25) is 4.79 Å². The lowest BCUT2D eigenvalue weighted by Gasteiger charge is -2.09. The Morgan fingerprint density at radius 3 is 2.46 bits per heavy atom. The molecule has 2 aromatic rings. The number of amides is 1. The van der Waals surface area contributed by atoms with Crippen molar-refractivity contribution in [2.75, 3.05) is 6.54 Å². The average Bonchev–Trinajstić information content (AvgIpc) is 2.59. The molecule has 2 aromatic carbocycles. The van der Waals surface area contributed by atoms with Crippen molar-refractivity contribution in [3.05, 3.63) is 72.9 Å². The SMILES string of the molecule is C=C/C=C(\C=C)CNC(=O)c1cc2ccc(O)cc2cc1O.CC. The van der Waals surface area contributed by atoms with E-state index in [0.29, 0.717) is 11.9 Å². The van der Waals surface area contributed by atoms with E-state index in [9.17, 15) is 15.0 Å². The number of allylic oxidation sites excluding steroid dienone is 2. The third-order valence-corrected chi connectivity index (χ3v) is 3.23. The first-order valence-corrected chi connectivity index (χ1v) is 7.73. The zero-order chi connectivity index (χ0) is 18.1. The number of benzene rings is 2. The maximum absolute atomic E-state index is 12.2. The third kappa shape index (κ3) is 4.74. The summed E-state index contributed by atoms with van der Waals surface area (Å²) in [5, 5.41) is 23.6. The highest BCUT2D eigenvalue weighted by Crippen LogP contribution is 2.27. The van der Waals surface area contributed by atoms with Crippen molar-refractivity contribution in [1.29, 1.82) is 0 Å². The van der Waals surface area contributed by atoms with Crippen LogP contribution in [0.25, 0.3) is 10.8 Å². The van der Waals surface area contributed by atoms with E-state index in [0.717, 1.165) is 11.0 Å². The van der Waals surface area contributed by atoms with Gasteiger partial charge in [-0.25, -0.2) is 0 Å². The zero-order valence-electron chi connectivity index (χ0n) is 14.0. The highest BCUT2D eigenvalue weighted by Gasteiger charge is 2.12. The number of rotatable bonds is 5. The van der Waals surface area contributed by atoms with Gasteiger partial charge in [0.25, 0.3) is 5.91 Å². The summed E-state index contributed by atoms with van der Waals surface area (Å²) in [5.41, 5.74) is 0.994. The second-order valence-electron chi connectivity index (χ2n) is 4.76. The van der Waals surface area contributed by atoms with Crippen molar-refractivity contribution in [1.82, 2.24) is 5.32 Å². The summed E-state index contributed by atoms with van der Waals surface area (Å²) < 4.78 is 0. The van der Waals surface area contributed by atoms with E-state index < -0.39 is 0 Å². The fourth-order valence-electron chi connectivity index (χ4n) is 2.08. The molecular weight excluding hydrogens is 302 g/mol. The van der Waals surface area contributed by atoms with E-state index in [-0.39, 0.29) is 23.0 Å². The number of hydrogen-bond donors (Lipinski definition) is 3. The molecule has 1 amide bonds. The first-order valence-electron chi connectivity index (χ1n) is 7.73. The standard InChI is InChI=1S/C18H17NO3.C2H6/c1-3-5-12(4-2)11-19-18(22)16-9-13-6-7-15(20)8-14(13)10-17(16)21;1-2/h3-10,20-21H,1-2,11H2,(H,19,22);1-2H3/b12-5+;. The van der Waals surface area contributed by atoms with E-state index in [4.69, 9.17) is 0 Å². The van der Waals surface area contributed by atoms with Crippen molar-refractivity contribution in [3.63, 3.8) is 0 Å². The van der Waals surface area contributed by atoms with Gasteiger partial charge in [-0.2, -0.15) is 0 Å². The number of fused-ring (bicyclic) bond motifs is 1. The van der Waals surface area contributed by atoms with E-state index >= 15 is 0 Å². The van der Waals surface area contributed by atoms with Crippen molar-refractivity contribution >= 4 is 16.7 Å². The fourth-order valence-corrected chi connectivity index (χ4v) is 2.08. The Labute approximate surface area is 142 Å². The Kier molecular flexibility index (Phi) is 7.30. The van der Waals surface area contributed by atoms with Crippen LogP contribution in [0.5, 0.6) is 11.5 Å². The van der Waals surface area contributed by atoms with Gasteiger partial charge in [0.2, 0.25) is 0 Å². The molecule has 0 saturated carbocycles. The Morgan fingerprint density at radius 2 is 1.83 bits per heavy atom. The summed E-state index contributed by atoms with van der Waals surface area (Å²) >= 11 is 0. The molecule has 0 fully saturated rings. The van der Waals surface area contributed by atoms with Crippen LogP contribution in [0.2, 0.25) is 0 Å². The summed E-state index contributed by atoms with van der Waals surface area (Å²) in [6.07, 6.45) is 4.99. The molecular formula is C20H23NO3. The quantitative estimate of drug-likeness (QED) is 0.718. The van der Waals surface area contributed by atoms with Gasteiger partial charge in [-0.05, 0) is 40.6 Å². The van der Waals surface area contributed by atoms with Gasteiger partial charge in [0.1, 0.15) is 11.5 Å². The zero-order valence-corrected chi connectivity index (χ0v) is 14.0. The molecule has 0 aliphatic rings. The Morgan fingerprint density at radius 1 is 1.12 bits per heavy atom. The Balaban J connectivity index is 0.00000139. The smallest absolute Gasteiger partial charge is 0.255 e. The highest BCUT2D eigenvalue weighted by molar-refractivity contribution is 6.01. The predicted octanol–water partition coefficient (Wildman–Crippen LogP) is 4.31. The Hall–Kier alpha value is -3.01.